The lowest BCUT2D eigenvalue weighted by molar-refractivity contribution is -0.385. The average molecular weight is 325 g/mol. The van der Waals surface area contributed by atoms with Gasteiger partial charge in [0, 0.05) is 18.2 Å². The van der Waals surface area contributed by atoms with Crippen LogP contribution in [-0.2, 0) is 6.54 Å². The predicted octanol–water partition coefficient (Wildman–Crippen LogP) is 2.05. The number of halogens is 1. The van der Waals surface area contributed by atoms with E-state index in [0.29, 0.717) is 11.4 Å². The van der Waals surface area contributed by atoms with Gasteiger partial charge in [0.05, 0.1) is 11.3 Å². The molecule has 8 heteroatoms. The maximum absolute atomic E-state index is 11.3. The van der Waals surface area contributed by atoms with Gasteiger partial charge in [-0.25, -0.2) is 4.98 Å². The van der Waals surface area contributed by atoms with Crippen molar-refractivity contribution in [3.8, 4) is 0 Å². The molecule has 0 bridgehead atoms. The normalized spacial score (nSPS) is 10.2. The number of hydrogen-bond donors (Lipinski definition) is 2. The predicted molar refractivity (Wildman–Crippen MR) is 73.0 cm³/mol. The Labute approximate surface area is 116 Å². The van der Waals surface area contributed by atoms with Gasteiger partial charge in [-0.15, -0.1) is 0 Å². The van der Waals surface area contributed by atoms with E-state index in [-0.39, 0.29) is 22.3 Å². The number of nitro groups is 1. The minimum Gasteiger partial charge on any atom is -0.365 e. The third-order valence-electron chi connectivity index (χ3n) is 2.43. The van der Waals surface area contributed by atoms with Crippen LogP contribution in [0, 0.1) is 10.1 Å². The molecule has 0 radical (unpaired) electrons. The minimum absolute atomic E-state index is 0.0240. The summed E-state index contributed by atoms with van der Waals surface area (Å²) in [6, 6.07) is 6.39. The number of aromatic nitrogens is 2. The van der Waals surface area contributed by atoms with Crippen LogP contribution in [0.25, 0.3) is 0 Å². The summed E-state index contributed by atoms with van der Waals surface area (Å²) in [5.74, 6) is 0.335. The quantitative estimate of drug-likeness (QED) is 0.662. The molecule has 0 fully saturated rings. The van der Waals surface area contributed by atoms with Crippen LogP contribution < -0.4 is 10.9 Å². The molecule has 19 heavy (non-hydrogen) atoms. The fourth-order valence-electron chi connectivity index (χ4n) is 1.52. The van der Waals surface area contributed by atoms with Crippen molar-refractivity contribution in [3.05, 3.63) is 61.1 Å². The number of H-pyrrole nitrogens is 1. The highest BCUT2D eigenvalue weighted by atomic mass is 79.9. The molecule has 0 aliphatic rings. The zero-order chi connectivity index (χ0) is 13.8. The van der Waals surface area contributed by atoms with Gasteiger partial charge in [0.2, 0.25) is 0 Å². The first-order valence-electron chi connectivity index (χ1n) is 5.29. The van der Waals surface area contributed by atoms with Gasteiger partial charge in [0.1, 0.15) is 10.3 Å². The molecule has 0 aliphatic carbocycles. The molecule has 0 amide bonds. The van der Waals surface area contributed by atoms with Crippen LogP contribution in [0.2, 0.25) is 0 Å². The van der Waals surface area contributed by atoms with E-state index in [1.807, 2.05) is 0 Å². The zero-order valence-corrected chi connectivity index (χ0v) is 11.2. The zero-order valence-electron chi connectivity index (χ0n) is 9.59. The van der Waals surface area contributed by atoms with Gasteiger partial charge in [-0.2, -0.15) is 0 Å². The van der Waals surface area contributed by atoms with Crippen molar-refractivity contribution in [1.82, 2.24) is 9.97 Å². The molecule has 2 N–H and O–H groups in total. The van der Waals surface area contributed by atoms with Gasteiger partial charge in [0.15, 0.2) is 0 Å². The van der Waals surface area contributed by atoms with E-state index >= 15 is 0 Å². The molecular weight excluding hydrogens is 316 g/mol. The Hall–Kier alpha value is -2.22. The largest absolute Gasteiger partial charge is 0.365 e. The summed E-state index contributed by atoms with van der Waals surface area (Å²) in [4.78, 5) is 28.1. The van der Waals surface area contributed by atoms with Crippen LogP contribution in [0.15, 0.2) is 39.9 Å². The smallest absolute Gasteiger partial charge is 0.274 e. The lowest BCUT2D eigenvalue weighted by Crippen LogP contribution is -2.12. The Morgan fingerprint density at radius 1 is 1.42 bits per heavy atom. The van der Waals surface area contributed by atoms with Crippen molar-refractivity contribution in [1.29, 1.82) is 0 Å². The molecular formula is C11H9BrN4O3. The number of hydrogen-bond acceptors (Lipinski definition) is 5. The molecule has 0 saturated carbocycles. The number of nitrogens with zero attached hydrogens (tertiary/aromatic N) is 2. The van der Waals surface area contributed by atoms with Crippen LogP contribution >= 0.6 is 15.9 Å². The monoisotopic (exact) mass is 324 g/mol. The lowest BCUT2D eigenvalue weighted by Gasteiger charge is -2.07. The number of benzene rings is 1. The average Bonchev–Trinajstić information content (AvgIpc) is 2.40. The van der Waals surface area contributed by atoms with Gasteiger partial charge in [-0.1, -0.05) is 18.2 Å². The number of nitrogens with one attached hydrogen (secondary N) is 2. The summed E-state index contributed by atoms with van der Waals surface area (Å²) in [6.45, 7) is 0.201. The maximum atomic E-state index is 11.3. The Bertz CT molecular complexity index is 671. The Morgan fingerprint density at radius 2 is 2.16 bits per heavy atom. The molecule has 98 valence electrons. The van der Waals surface area contributed by atoms with Crippen molar-refractivity contribution in [2.75, 3.05) is 5.32 Å². The van der Waals surface area contributed by atoms with E-state index in [4.69, 9.17) is 0 Å². The highest BCUT2D eigenvalue weighted by Gasteiger charge is 2.13. The van der Waals surface area contributed by atoms with Crippen LogP contribution in [0.1, 0.15) is 5.56 Å². The van der Waals surface area contributed by atoms with E-state index < -0.39 is 4.92 Å². The van der Waals surface area contributed by atoms with Crippen LogP contribution in [0.5, 0.6) is 0 Å². The fraction of sp³-hybridized carbons (Fsp3) is 0.0909. The van der Waals surface area contributed by atoms with E-state index in [9.17, 15) is 14.9 Å². The van der Waals surface area contributed by atoms with Crippen LogP contribution in [-0.4, -0.2) is 14.9 Å². The second kappa shape index (κ2) is 5.61. The van der Waals surface area contributed by atoms with E-state index in [2.05, 4.69) is 31.2 Å². The highest BCUT2D eigenvalue weighted by Crippen LogP contribution is 2.20. The summed E-state index contributed by atoms with van der Waals surface area (Å²) in [5.41, 5.74) is 0.220. The van der Waals surface area contributed by atoms with Gasteiger partial charge >= 0.3 is 0 Å². The number of anilines is 1. The minimum atomic E-state index is -0.447. The van der Waals surface area contributed by atoms with Crippen molar-refractivity contribution in [3.63, 3.8) is 0 Å². The molecule has 1 aromatic carbocycles. The summed E-state index contributed by atoms with van der Waals surface area (Å²) in [6.07, 6.45) is 1.26. The molecule has 0 unspecified atom stereocenters. The second-order valence-electron chi connectivity index (χ2n) is 3.63. The molecule has 7 nitrogen and oxygen atoms in total. The van der Waals surface area contributed by atoms with Gasteiger partial charge in [-0.05, 0) is 15.9 Å². The molecule has 1 heterocycles. The first kappa shape index (κ1) is 13.2. The first-order chi connectivity index (χ1) is 9.09. The number of nitro benzene ring substituents is 1. The molecule has 0 saturated heterocycles. The number of para-hydroxylation sites is 1. The highest BCUT2D eigenvalue weighted by molar-refractivity contribution is 9.10. The topological polar surface area (TPSA) is 101 Å². The molecule has 0 atom stereocenters. The van der Waals surface area contributed by atoms with Gasteiger partial charge in [0.25, 0.3) is 11.2 Å². The van der Waals surface area contributed by atoms with Crippen molar-refractivity contribution in [2.45, 2.75) is 6.54 Å². The Balaban J connectivity index is 2.22. The number of rotatable bonds is 4. The summed E-state index contributed by atoms with van der Waals surface area (Å²) in [5, 5.41) is 13.7. The summed E-state index contributed by atoms with van der Waals surface area (Å²) in [7, 11) is 0. The van der Waals surface area contributed by atoms with E-state index in [0.717, 1.165) is 0 Å². The summed E-state index contributed by atoms with van der Waals surface area (Å²) < 4.78 is 0.258. The molecule has 0 aliphatic heterocycles. The van der Waals surface area contributed by atoms with Gasteiger partial charge < -0.3 is 10.3 Å². The molecule has 1 aromatic heterocycles. The van der Waals surface area contributed by atoms with E-state index in [1.165, 1.54) is 12.4 Å². The van der Waals surface area contributed by atoms with Crippen molar-refractivity contribution in [2.24, 2.45) is 0 Å². The SMILES string of the molecule is O=c1[nH]cnc(NCc2ccccc2[N+](=O)[O-])c1Br. The Kier molecular flexibility index (Phi) is 3.91. The first-order valence-corrected chi connectivity index (χ1v) is 6.08. The second-order valence-corrected chi connectivity index (χ2v) is 4.43. The van der Waals surface area contributed by atoms with Crippen LogP contribution in [0.3, 0.4) is 0 Å². The van der Waals surface area contributed by atoms with Gasteiger partial charge in [-0.3, -0.25) is 14.9 Å². The lowest BCUT2D eigenvalue weighted by atomic mass is 10.2. The fourth-order valence-corrected chi connectivity index (χ4v) is 1.88. The Morgan fingerprint density at radius 3 is 2.89 bits per heavy atom. The summed E-state index contributed by atoms with van der Waals surface area (Å²) >= 11 is 3.10. The maximum Gasteiger partial charge on any atom is 0.274 e. The number of aromatic amines is 1. The third kappa shape index (κ3) is 2.97. The van der Waals surface area contributed by atoms with Crippen LogP contribution in [0.4, 0.5) is 11.5 Å². The molecule has 0 spiro atoms. The van der Waals surface area contributed by atoms with Crippen molar-refractivity contribution < 1.29 is 4.92 Å². The van der Waals surface area contributed by atoms with E-state index in [1.54, 1.807) is 18.2 Å². The van der Waals surface area contributed by atoms with Crippen molar-refractivity contribution >= 4 is 27.4 Å². The third-order valence-corrected chi connectivity index (χ3v) is 3.17. The molecule has 2 rings (SSSR count). The standard InChI is InChI=1S/C11H9BrN4O3/c12-9-10(14-6-15-11(9)17)13-5-7-3-1-2-4-8(7)16(18)19/h1-4,6H,5H2,(H2,13,14,15,17). The molecule has 2 aromatic rings.